The summed E-state index contributed by atoms with van der Waals surface area (Å²) in [5.41, 5.74) is 0.556. The van der Waals surface area contributed by atoms with E-state index in [0.717, 1.165) is 6.42 Å². The molecule has 3 saturated carbocycles. The third-order valence-corrected chi connectivity index (χ3v) is 5.88. The number of esters is 1. The number of aromatic nitrogens is 2. The summed E-state index contributed by atoms with van der Waals surface area (Å²) in [6.45, 7) is 8.57. The van der Waals surface area contributed by atoms with Gasteiger partial charge < -0.3 is 4.74 Å². The molecule has 5 heteroatoms. The number of hydrogen-bond acceptors (Lipinski definition) is 4. The molecular weight excluding hydrogens is 288 g/mol. The molecule has 3 aliphatic rings. The highest BCUT2D eigenvalue weighted by molar-refractivity contribution is 6.33. The predicted octanol–water partition coefficient (Wildman–Crippen LogP) is 3.67. The number of carbonyl (C=O) groups excluding carboxylic acids is 1. The molecule has 21 heavy (non-hydrogen) atoms. The number of rotatable bonds is 2. The fourth-order valence-electron chi connectivity index (χ4n) is 4.05. The average molecular weight is 309 g/mol. The maximum absolute atomic E-state index is 12.3. The van der Waals surface area contributed by atoms with Crippen molar-refractivity contribution in [3.05, 3.63) is 22.7 Å². The van der Waals surface area contributed by atoms with Crippen molar-refractivity contribution < 1.29 is 9.53 Å². The lowest BCUT2D eigenvalue weighted by molar-refractivity contribution is -0.156. The molecule has 0 N–H and O–H groups in total. The lowest BCUT2D eigenvalue weighted by Crippen LogP contribution is -2.57. The van der Waals surface area contributed by atoms with Crippen LogP contribution >= 0.6 is 11.6 Å². The smallest absolute Gasteiger partial charge is 0.358 e. The van der Waals surface area contributed by atoms with Crippen molar-refractivity contribution in [1.82, 2.24) is 9.97 Å². The summed E-state index contributed by atoms with van der Waals surface area (Å²) in [5, 5.41) is 0.250. The van der Waals surface area contributed by atoms with Crippen molar-refractivity contribution in [3.8, 4) is 0 Å². The molecule has 4 atom stereocenters. The van der Waals surface area contributed by atoms with E-state index >= 15 is 0 Å². The number of carbonyl (C=O) groups is 1. The standard InChI is InChI=1S/C16H21ClN2O2/c1-8-11-5-10(16(11,3)4)6-13(8)21-15(20)14-12(17)7-18-9(2)19-14/h7-8,10-11,13H,5-6H2,1-4H3/t8-,10-,11+,13-/m1/s1. The fourth-order valence-corrected chi connectivity index (χ4v) is 4.22. The number of aryl methyl sites for hydroxylation is 1. The highest BCUT2D eigenvalue weighted by atomic mass is 35.5. The molecule has 3 fully saturated rings. The first-order valence-corrected chi connectivity index (χ1v) is 7.88. The van der Waals surface area contributed by atoms with Gasteiger partial charge in [0.05, 0.1) is 11.2 Å². The van der Waals surface area contributed by atoms with E-state index in [2.05, 4.69) is 30.7 Å². The Morgan fingerprint density at radius 2 is 2.14 bits per heavy atom. The van der Waals surface area contributed by atoms with Crippen LogP contribution in [0, 0.1) is 30.1 Å². The van der Waals surface area contributed by atoms with Crippen molar-refractivity contribution in [1.29, 1.82) is 0 Å². The van der Waals surface area contributed by atoms with Crippen LogP contribution in [0.3, 0.4) is 0 Å². The van der Waals surface area contributed by atoms with Crippen LogP contribution in [-0.4, -0.2) is 22.0 Å². The second-order valence-electron chi connectivity index (χ2n) is 7.01. The Labute approximate surface area is 130 Å². The number of ether oxygens (including phenoxy) is 1. The number of nitrogens with zero attached hydrogens (tertiary/aromatic N) is 2. The molecule has 114 valence electrons. The average Bonchev–Trinajstić information content (AvgIpc) is 2.42. The summed E-state index contributed by atoms with van der Waals surface area (Å²) in [7, 11) is 0. The van der Waals surface area contributed by atoms with Crippen LogP contribution < -0.4 is 0 Å². The SMILES string of the molecule is Cc1ncc(Cl)c(C(=O)O[C@@H]2C[C@H]3C[C@@H]([C@H]2C)C3(C)C)n1. The predicted molar refractivity (Wildman–Crippen MR) is 80.1 cm³/mol. The van der Waals surface area contributed by atoms with E-state index in [1.54, 1.807) is 6.92 Å². The normalized spacial score (nSPS) is 33.2. The summed E-state index contributed by atoms with van der Waals surface area (Å²) in [6.07, 6.45) is 3.62. The van der Waals surface area contributed by atoms with E-state index in [-0.39, 0.29) is 16.8 Å². The van der Waals surface area contributed by atoms with Gasteiger partial charge in [0.25, 0.3) is 0 Å². The van der Waals surface area contributed by atoms with Gasteiger partial charge in [0, 0.05) is 0 Å². The first-order valence-electron chi connectivity index (χ1n) is 7.50. The molecule has 4 nitrogen and oxygen atoms in total. The lowest BCUT2D eigenvalue weighted by Gasteiger charge is -2.61. The highest BCUT2D eigenvalue weighted by Gasteiger charge is 2.57. The molecule has 0 amide bonds. The molecule has 0 aliphatic heterocycles. The van der Waals surface area contributed by atoms with E-state index in [9.17, 15) is 4.79 Å². The zero-order valence-electron chi connectivity index (χ0n) is 12.9. The zero-order valence-corrected chi connectivity index (χ0v) is 13.6. The van der Waals surface area contributed by atoms with Crippen LogP contribution in [0.5, 0.6) is 0 Å². The van der Waals surface area contributed by atoms with Crippen LogP contribution in [-0.2, 0) is 4.74 Å². The summed E-state index contributed by atoms with van der Waals surface area (Å²) >= 11 is 6.00. The Morgan fingerprint density at radius 3 is 2.76 bits per heavy atom. The highest BCUT2D eigenvalue weighted by Crippen LogP contribution is 2.61. The van der Waals surface area contributed by atoms with Gasteiger partial charge in [0.2, 0.25) is 0 Å². The molecule has 0 unspecified atom stereocenters. The van der Waals surface area contributed by atoms with Crippen molar-refractivity contribution in [2.75, 3.05) is 0 Å². The van der Waals surface area contributed by atoms with Gasteiger partial charge in [-0.1, -0.05) is 32.4 Å². The summed E-state index contributed by atoms with van der Waals surface area (Å²) in [6, 6.07) is 0. The van der Waals surface area contributed by atoms with Gasteiger partial charge in [-0.05, 0) is 42.9 Å². The lowest BCUT2D eigenvalue weighted by atomic mass is 9.45. The van der Waals surface area contributed by atoms with Crippen LogP contribution in [0.4, 0.5) is 0 Å². The second kappa shape index (κ2) is 4.94. The van der Waals surface area contributed by atoms with Crippen molar-refractivity contribution in [2.24, 2.45) is 23.2 Å². The molecule has 4 rings (SSSR count). The molecule has 1 aromatic heterocycles. The molecule has 2 bridgehead atoms. The van der Waals surface area contributed by atoms with Gasteiger partial charge in [-0.25, -0.2) is 14.8 Å². The van der Waals surface area contributed by atoms with Crippen LogP contribution in [0.1, 0.15) is 49.9 Å². The number of halogens is 1. The fraction of sp³-hybridized carbons (Fsp3) is 0.688. The number of hydrogen-bond donors (Lipinski definition) is 0. The molecule has 1 aromatic rings. The van der Waals surface area contributed by atoms with Crippen molar-refractivity contribution in [2.45, 2.75) is 46.6 Å². The van der Waals surface area contributed by atoms with E-state index in [1.807, 2.05) is 0 Å². The Hall–Kier alpha value is -1.16. The maximum atomic E-state index is 12.3. The topological polar surface area (TPSA) is 52.1 Å². The van der Waals surface area contributed by atoms with Crippen LogP contribution in [0.2, 0.25) is 5.02 Å². The van der Waals surface area contributed by atoms with Gasteiger partial charge >= 0.3 is 5.97 Å². The van der Waals surface area contributed by atoms with Crippen LogP contribution in [0.25, 0.3) is 0 Å². The summed E-state index contributed by atoms with van der Waals surface area (Å²) in [4.78, 5) is 20.4. The molecule has 3 aliphatic carbocycles. The Balaban J connectivity index is 1.73. The van der Waals surface area contributed by atoms with Crippen LogP contribution in [0.15, 0.2) is 6.20 Å². The van der Waals surface area contributed by atoms with Gasteiger partial charge in [-0.2, -0.15) is 0 Å². The molecule has 1 heterocycles. The molecule has 0 spiro atoms. The Bertz CT molecular complexity index is 588. The minimum atomic E-state index is -0.429. The van der Waals surface area contributed by atoms with E-state index < -0.39 is 5.97 Å². The largest absolute Gasteiger partial charge is 0.457 e. The minimum Gasteiger partial charge on any atom is -0.457 e. The molecular formula is C16H21ClN2O2. The van der Waals surface area contributed by atoms with E-state index in [4.69, 9.17) is 16.3 Å². The summed E-state index contributed by atoms with van der Waals surface area (Å²) < 4.78 is 5.71. The van der Waals surface area contributed by atoms with Gasteiger partial charge in [-0.15, -0.1) is 0 Å². The summed E-state index contributed by atoms with van der Waals surface area (Å²) in [5.74, 6) is 1.76. The Morgan fingerprint density at radius 1 is 1.43 bits per heavy atom. The molecule has 0 saturated heterocycles. The minimum absolute atomic E-state index is 0.0272. The maximum Gasteiger partial charge on any atom is 0.358 e. The van der Waals surface area contributed by atoms with Gasteiger partial charge in [0.1, 0.15) is 11.9 Å². The Kier molecular flexibility index (Phi) is 3.47. The van der Waals surface area contributed by atoms with Crippen molar-refractivity contribution >= 4 is 17.6 Å². The monoisotopic (exact) mass is 308 g/mol. The quantitative estimate of drug-likeness (QED) is 0.782. The van der Waals surface area contributed by atoms with E-state index in [1.165, 1.54) is 12.6 Å². The molecule has 0 aromatic carbocycles. The number of fused-ring (bicyclic) bond motifs is 2. The second-order valence-corrected chi connectivity index (χ2v) is 7.42. The zero-order chi connectivity index (χ0) is 15.4. The molecule has 0 radical (unpaired) electrons. The first kappa shape index (κ1) is 14.8. The van der Waals surface area contributed by atoms with Gasteiger partial charge in [0.15, 0.2) is 5.69 Å². The van der Waals surface area contributed by atoms with Crippen molar-refractivity contribution in [3.63, 3.8) is 0 Å². The first-order chi connectivity index (χ1) is 9.80. The van der Waals surface area contributed by atoms with Gasteiger partial charge in [-0.3, -0.25) is 0 Å². The third kappa shape index (κ3) is 2.33. The third-order valence-electron chi connectivity index (χ3n) is 5.60. The van der Waals surface area contributed by atoms with E-state index in [0.29, 0.717) is 29.0 Å².